The number of halogens is 2. The molecule has 0 aliphatic rings. The van der Waals surface area contributed by atoms with E-state index in [1.54, 1.807) is 30.0 Å². The Morgan fingerprint density at radius 3 is 2.48 bits per heavy atom. The number of carbonyl (C=O) groups excluding carboxylic acids is 2. The highest BCUT2D eigenvalue weighted by Crippen LogP contribution is 2.24. The highest BCUT2D eigenvalue weighted by atomic mass is 35.5. The predicted octanol–water partition coefficient (Wildman–Crippen LogP) is 2.82. The first-order valence-corrected chi connectivity index (χ1v) is 7.34. The smallest absolute Gasteiger partial charge is 0.320 e. The number of nitrogens with one attached hydrogen (secondary N) is 1. The molecule has 7 heteroatoms. The number of hydrogen-bond acceptors (Lipinski definition) is 4. The van der Waals surface area contributed by atoms with Crippen LogP contribution in [-0.4, -0.2) is 43.0 Å². The van der Waals surface area contributed by atoms with Crippen LogP contribution in [0.1, 0.15) is 13.8 Å². The van der Waals surface area contributed by atoms with Gasteiger partial charge >= 0.3 is 5.97 Å². The fourth-order valence-electron chi connectivity index (χ4n) is 1.65. The number of benzene rings is 1. The maximum Gasteiger partial charge on any atom is 0.320 e. The van der Waals surface area contributed by atoms with Gasteiger partial charge < -0.3 is 10.1 Å². The highest BCUT2D eigenvalue weighted by Gasteiger charge is 2.14. The van der Waals surface area contributed by atoms with Crippen molar-refractivity contribution in [2.45, 2.75) is 13.8 Å². The maximum atomic E-state index is 11.9. The lowest BCUT2D eigenvalue weighted by Crippen LogP contribution is -2.37. The summed E-state index contributed by atoms with van der Waals surface area (Å²) < 4.78 is 4.86. The Balaban J connectivity index is 2.54. The number of nitrogens with zero attached hydrogens (tertiary/aromatic N) is 1. The molecule has 0 aromatic heterocycles. The van der Waals surface area contributed by atoms with Crippen molar-refractivity contribution in [1.82, 2.24) is 4.90 Å². The van der Waals surface area contributed by atoms with Gasteiger partial charge in [-0.05, 0) is 31.7 Å². The minimum Gasteiger partial charge on any atom is -0.465 e. The minimum atomic E-state index is -0.346. The van der Waals surface area contributed by atoms with Crippen molar-refractivity contribution >= 4 is 40.8 Å². The van der Waals surface area contributed by atoms with Gasteiger partial charge in [-0.25, -0.2) is 0 Å². The van der Waals surface area contributed by atoms with E-state index in [1.807, 2.05) is 6.92 Å². The number of amides is 1. The van der Waals surface area contributed by atoms with Crippen LogP contribution in [0, 0.1) is 0 Å². The molecule has 0 aliphatic carbocycles. The predicted molar refractivity (Wildman–Crippen MR) is 83.8 cm³/mol. The van der Waals surface area contributed by atoms with E-state index in [9.17, 15) is 9.59 Å². The average molecular weight is 333 g/mol. The maximum absolute atomic E-state index is 11.9. The Morgan fingerprint density at radius 1 is 1.19 bits per heavy atom. The normalized spacial score (nSPS) is 10.5. The summed E-state index contributed by atoms with van der Waals surface area (Å²) in [6, 6.07) is 4.84. The van der Waals surface area contributed by atoms with E-state index in [0.717, 1.165) is 0 Å². The van der Waals surface area contributed by atoms with Gasteiger partial charge in [0.2, 0.25) is 5.91 Å². The van der Waals surface area contributed by atoms with Crippen molar-refractivity contribution in [3.63, 3.8) is 0 Å². The molecule has 0 saturated carbocycles. The van der Waals surface area contributed by atoms with E-state index >= 15 is 0 Å². The molecule has 0 bridgehead atoms. The molecule has 21 heavy (non-hydrogen) atoms. The summed E-state index contributed by atoms with van der Waals surface area (Å²) in [4.78, 5) is 25.0. The fourth-order valence-corrected chi connectivity index (χ4v) is 1.94. The SMILES string of the molecule is CCOC(=O)CN(CC)CC(=O)Nc1ccc(Cl)c(Cl)c1. The second-order valence-corrected chi connectivity index (χ2v) is 5.10. The average Bonchev–Trinajstić information content (AvgIpc) is 2.42. The van der Waals surface area contributed by atoms with Crippen LogP contribution in [0.15, 0.2) is 18.2 Å². The summed E-state index contributed by atoms with van der Waals surface area (Å²) >= 11 is 11.7. The first-order valence-electron chi connectivity index (χ1n) is 6.59. The Kier molecular flexibility index (Phi) is 7.50. The Labute approximate surface area is 134 Å². The first kappa shape index (κ1) is 17.8. The molecule has 0 fully saturated rings. The molecule has 1 N–H and O–H groups in total. The second kappa shape index (κ2) is 8.87. The Bertz CT molecular complexity index is 509. The zero-order valence-electron chi connectivity index (χ0n) is 12.0. The lowest BCUT2D eigenvalue weighted by atomic mass is 10.3. The standard InChI is InChI=1S/C14H18Cl2N2O3/c1-3-18(9-14(20)21-4-2)8-13(19)17-10-5-6-11(15)12(16)7-10/h5-7H,3-4,8-9H2,1-2H3,(H,17,19). The highest BCUT2D eigenvalue weighted by molar-refractivity contribution is 6.42. The summed E-state index contributed by atoms with van der Waals surface area (Å²) in [5.41, 5.74) is 0.557. The van der Waals surface area contributed by atoms with E-state index in [1.165, 1.54) is 0 Å². The minimum absolute atomic E-state index is 0.0825. The van der Waals surface area contributed by atoms with E-state index < -0.39 is 0 Å². The van der Waals surface area contributed by atoms with E-state index in [0.29, 0.717) is 28.9 Å². The number of ether oxygens (including phenoxy) is 1. The molecule has 0 aliphatic heterocycles. The van der Waals surface area contributed by atoms with Crippen LogP contribution in [0.25, 0.3) is 0 Å². The number of carbonyl (C=O) groups is 2. The molecule has 1 aromatic carbocycles. The monoisotopic (exact) mass is 332 g/mol. The summed E-state index contributed by atoms with van der Waals surface area (Å²) in [6.07, 6.45) is 0. The summed E-state index contributed by atoms with van der Waals surface area (Å²) in [5, 5.41) is 3.50. The Morgan fingerprint density at radius 2 is 1.90 bits per heavy atom. The van der Waals surface area contributed by atoms with Gasteiger partial charge in [-0.2, -0.15) is 0 Å². The van der Waals surface area contributed by atoms with Gasteiger partial charge in [-0.3, -0.25) is 14.5 Å². The van der Waals surface area contributed by atoms with Crippen LogP contribution >= 0.6 is 23.2 Å². The van der Waals surface area contributed by atoms with Crippen molar-refractivity contribution in [2.75, 3.05) is 31.6 Å². The zero-order chi connectivity index (χ0) is 15.8. The molecule has 0 spiro atoms. The molecule has 1 amide bonds. The third-order valence-corrected chi connectivity index (χ3v) is 3.41. The van der Waals surface area contributed by atoms with Crippen molar-refractivity contribution < 1.29 is 14.3 Å². The number of esters is 1. The van der Waals surface area contributed by atoms with E-state index in [-0.39, 0.29) is 25.0 Å². The Hall–Kier alpha value is -1.30. The van der Waals surface area contributed by atoms with Crippen molar-refractivity contribution in [3.05, 3.63) is 28.2 Å². The first-order chi connectivity index (χ1) is 9.96. The van der Waals surface area contributed by atoms with Crippen LogP contribution < -0.4 is 5.32 Å². The number of rotatable bonds is 7. The molecule has 0 heterocycles. The van der Waals surface area contributed by atoms with Gasteiger partial charge in [-0.1, -0.05) is 30.1 Å². The quantitative estimate of drug-likeness (QED) is 0.780. The molecule has 5 nitrogen and oxygen atoms in total. The number of hydrogen-bond donors (Lipinski definition) is 1. The van der Waals surface area contributed by atoms with Crippen LogP contribution in [0.3, 0.4) is 0 Å². The molecule has 0 radical (unpaired) electrons. The van der Waals surface area contributed by atoms with Gasteiger partial charge in [0.05, 0.1) is 29.7 Å². The number of anilines is 1. The zero-order valence-corrected chi connectivity index (χ0v) is 13.5. The lowest BCUT2D eigenvalue weighted by Gasteiger charge is -2.18. The van der Waals surface area contributed by atoms with Crippen molar-refractivity contribution in [2.24, 2.45) is 0 Å². The van der Waals surface area contributed by atoms with Crippen LogP contribution in [-0.2, 0) is 14.3 Å². The molecule has 0 saturated heterocycles. The molecule has 1 aromatic rings. The second-order valence-electron chi connectivity index (χ2n) is 4.29. The summed E-state index contributed by atoms with van der Waals surface area (Å²) in [5.74, 6) is -0.582. The van der Waals surface area contributed by atoms with Gasteiger partial charge in [0.1, 0.15) is 0 Å². The van der Waals surface area contributed by atoms with Crippen LogP contribution in [0.2, 0.25) is 10.0 Å². The topological polar surface area (TPSA) is 58.6 Å². The third-order valence-electron chi connectivity index (χ3n) is 2.68. The largest absolute Gasteiger partial charge is 0.465 e. The van der Waals surface area contributed by atoms with E-state index in [4.69, 9.17) is 27.9 Å². The van der Waals surface area contributed by atoms with Gasteiger partial charge in [0.25, 0.3) is 0 Å². The molecule has 0 unspecified atom stereocenters. The van der Waals surface area contributed by atoms with Crippen molar-refractivity contribution in [3.8, 4) is 0 Å². The van der Waals surface area contributed by atoms with E-state index in [2.05, 4.69) is 5.32 Å². The molecular weight excluding hydrogens is 315 g/mol. The summed E-state index contributed by atoms with van der Waals surface area (Å²) in [7, 11) is 0. The molecular formula is C14H18Cl2N2O3. The van der Waals surface area contributed by atoms with Crippen LogP contribution in [0.5, 0.6) is 0 Å². The van der Waals surface area contributed by atoms with Gasteiger partial charge in [0.15, 0.2) is 0 Å². The molecule has 0 atom stereocenters. The summed E-state index contributed by atoms with van der Waals surface area (Å²) in [6.45, 7) is 4.67. The molecule has 116 valence electrons. The van der Waals surface area contributed by atoms with Gasteiger partial charge in [0, 0.05) is 5.69 Å². The molecule has 1 rings (SSSR count). The third kappa shape index (κ3) is 6.33. The lowest BCUT2D eigenvalue weighted by molar-refractivity contribution is -0.144. The van der Waals surface area contributed by atoms with Crippen molar-refractivity contribution in [1.29, 1.82) is 0 Å². The number of likely N-dealkylation sites (N-methyl/N-ethyl adjacent to an activating group) is 1. The van der Waals surface area contributed by atoms with Gasteiger partial charge in [-0.15, -0.1) is 0 Å². The fraction of sp³-hybridized carbons (Fsp3) is 0.429. The van der Waals surface area contributed by atoms with Crippen LogP contribution in [0.4, 0.5) is 5.69 Å².